The molecule has 0 saturated carbocycles. The third-order valence-corrected chi connectivity index (χ3v) is 6.24. The molecular formula is C21H28N8OS. The number of aryl methyl sites for hydroxylation is 2. The van der Waals surface area contributed by atoms with Gasteiger partial charge in [0, 0.05) is 30.2 Å². The summed E-state index contributed by atoms with van der Waals surface area (Å²) < 4.78 is 2.99. The first-order valence-electron chi connectivity index (χ1n) is 10.5. The molecule has 4 rings (SSSR count). The minimum atomic E-state index is -0.122. The second-order valence-corrected chi connectivity index (χ2v) is 8.72. The second-order valence-electron chi connectivity index (χ2n) is 7.78. The van der Waals surface area contributed by atoms with Crippen LogP contribution in [0.4, 0.5) is 11.4 Å². The number of rotatable bonds is 6. The molecule has 31 heavy (non-hydrogen) atoms. The molecule has 9 nitrogen and oxygen atoms in total. The third kappa shape index (κ3) is 5.01. The SMILES string of the molecule is Cc1cc(C)n(-c2nnc(SCC(=O)Nc3ccc(N4CCCCCC4)cc3)n2N)n1. The molecule has 164 valence electrons. The van der Waals surface area contributed by atoms with Gasteiger partial charge in [-0.2, -0.15) is 5.10 Å². The van der Waals surface area contributed by atoms with Gasteiger partial charge in [-0.05, 0) is 57.0 Å². The number of nitrogens with one attached hydrogen (secondary N) is 1. The summed E-state index contributed by atoms with van der Waals surface area (Å²) in [7, 11) is 0. The fourth-order valence-corrected chi connectivity index (χ4v) is 4.41. The Labute approximate surface area is 186 Å². The smallest absolute Gasteiger partial charge is 0.271 e. The Kier molecular flexibility index (Phi) is 6.45. The molecule has 0 radical (unpaired) electrons. The summed E-state index contributed by atoms with van der Waals surface area (Å²) in [6.45, 7) is 6.03. The van der Waals surface area contributed by atoms with E-state index >= 15 is 0 Å². The lowest BCUT2D eigenvalue weighted by Gasteiger charge is -2.22. The standard InChI is InChI=1S/C21H28N8OS/c1-15-13-16(2)29(26-15)20-24-25-21(28(20)22)31-14-19(30)23-17-7-9-18(10-8-17)27-11-5-3-4-6-12-27/h7-10,13H,3-6,11-12,14,22H2,1-2H3,(H,23,30). The average molecular weight is 441 g/mol. The molecule has 2 aromatic heterocycles. The molecule has 1 amide bonds. The van der Waals surface area contributed by atoms with Gasteiger partial charge >= 0.3 is 0 Å². The molecule has 1 aliphatic heterocycles. The Morgan fingerprint density at radius 2 is 1.81 bits per heavy atom. The van der Waals surface area contributed by atoms with Crippen LogP contribution in [0.5, 0.6) is 0 Å². The molecule has 1 aliphatic rings. The number of thioether (sulfide) groups is 1. The van der Waals surface area contributed by atoms with Crippen molar-refractivity contribution in [3.63, 3.8) is 0 Å². The fourth-order valence-electron chi connectivity index (χ4n) is 3.76. The monoisotopic (exact) mass is 440 g/mol. The lowest BCUT2D eigenvalue weighted by Crippen LogP contribution is -2.23. The maximum atomic E-state index is 12.4. The predicted molar refractivity (Wildman–Crippen MR) is 123 cm³/mol. The Morgan fingerprint density at radius 3 is 2.45 bits per heavy atom. The number of carbonyl (C=O) groups excluding carboxylic acids is 1. The molecule has 1 fully saturated rings. The van der Waals surface area contributed by atoms with Crippen molar-refractivity contribution in [2.75, 3.05) is 34.9 Å². The number of nitrogens with two attached hydrogens (primary N) is 1. The molecule has 3 N–H and O–H groups in total. The zero-order valence-electron chi connectivity index (χ0n) is 17.9. The van der Waals surface area contributed by atoms with Crippen molar-refractivity contribution < 1.29 is 4.79 Å². The number of benzene rings is 1. The molecule has 3 aromatic rings. The zero-order valence-corrected chi connectivity index (χ0v) is 18.7. The number of hydrogen-bond donors (Lipinski definition) is 2. The van der Waals surface area contributed by atoms with Crippen molar-refractivity contribution in [3.8, 4) is 5.95 Å². The van der Waals surface area contributed by atoms with Crippen molar-refractivity contribution in [1.82, 2.24) is 24.7 Å². The van der Waals surface area contributed by atoms with E-state index in [1.54, 1.807) is 4.68 Å². The average Bonchev–Trinajstić information content (AvgIpc) is 3.14. The lowest BCUT2D eigenvalue weighted by molar-refractivity contribution is -0.113. The van der Waals surface area contributed by atoms with Crippen LogP contribution < -0.4 is 16.1 Å². The third-order valence-electron chi connectivity index (χ3n) is 5.30. The van der Waals surface area contributed by atoms with Gasteiger partial charge in [0.05, 0.1) is 11.4 Å². The van der Waals surface area contributed by atoms with Gasteiger partial charge in [-0.15, -0.1) is 10.2 Å². The largest absolute Gasteiger partial charge is 0.372 e. The van der Waals surface area contributed by atoms with Gasteiger partial charge in [-0.25, -0.2) is 9.36 Å². The van der Waals surface area contributed by atoms with E-state index < -0.39 is 0 Å². The number of amides is 1. The minimum absolute atomic E-state index is 0.122. The van der Waals surface area contributed by atoms with E-state index in [0.717, 1.165) is 30.2 Å². The molecule has 0 atom stereocenters. The first kappa shape index (κ1) is 21.2. The zero-order chi connectivity index (χ0) is 21.8. The highest BCUT2D eigenvalue weighted by atomic mass is 32.2. The molecule has 0 spiro atoms. The van der Waals surface area contributed by atoms with Gasteiger partial charge in [-0.3, -0.25) is 4.79 Å². The van der Waals surface area contributed by atoms with Gasteiger partial charge in [0.15, 0.2) is 0 Å². The van der Waals surface area contributed by atoms with Crippen molar-refractivity contribution in [3.05, 3.63) is 41.7 Å². The highest BCUT2D eigenvalue weighted by Crippen LogP contribution is 2.22. The van der Waals surface area contributed by atoms with E-state index in [2.05, 4.69) is 37.6 Å². The number of nitrogen functional groups attached to an aromatic ring is 1. The van der Waals surface area contributed by atoms with Crippen LogP contribution in [-0.2, 0) is 4.79 Å². The molecule has 1 saturated heterocycles. The number of carbonyl (C=O) groups is 1. The van der Waals surface area contributed by atoms with E-state index in [0.29, 0.717) is 11.1 Å². The number of hydrogen-bond acceptors (Lipinski definition) is 7. The Bertz CT molecular complexity index is 1030. The highest BCUT2D eigenvalue weighted by molar-refractivity contribution is 7.99. The van der Waals surface area contributed by atoms with E-state index in [4.69, 9.17) is 5.84 Å². The van der Waals surface area contributed by atoms with E-state index in [1.807, 2.05) is 32.0 Å². The molecular weight excluding hydrogens is 412 g/mol. The summed E-state index contributed by atoms with van der Waals surface area (Å²) in [5.41, 5.74) is 3.77. The van der Waals surface area contributed by atoms with Gasteiger partial charge < -0.3 is 16.1 Å². The lowest BCUT2D eigenvalue weighted by atomic mass is 10.2. The van der Waals surface area contributed by atoms with Gasteiger partial charge in [0.2, 0.25) is 11.1 Å². The van der Waals surface area contributed by atoms with Crippen LogP contribution in [0.15, 0.2) is 35.5 Å². The first-order chi connectivity index (χ1) is 15.0. The maximum absolute atomic E-state index is 12.4. The van der Waals surface area contributed by atoms with Crippen LogP contribution >= 0.6 is 11.8 Å². The van der Waals surface area contributed by atoms with Crippen LogP contribution in [0.2, 0.25) is 0 Å². The van der Waals surface area contributed by atoms with Crippen molar-refractivity contribution in [2.45, 2.75) is 44.7 Å². The van der Waals surface area contributed by atoms with E-state index in [1.165, 1.54) is 47.8 Å². The van der Waals surface area contributed by atoms with Crippen molar-refractivity contribution in [1.29, 1.82) is 0 Å². The number of anilines is 2. The predicted octanol–water partition coefficient (Wildman–Crippen LogP) is 2.91. The highest BCUT2D eigenvalue weighted by Gasteiger charge is 2.16. The van der Waals surface area contributed by atoms with Gasteiger partial charge in [0.1, 0.15) is 0 Å². The van der Waals surface area contributed by atoms with E-state index in [-0.39, 0.29) is 11.7 Å². The summed E-state index contributed by atoms with van der Waals surface area (Å²) in [6.07, 6.45) is 5.09. The van der Waals surface area contributed by atoms with Crippen LogP contribution in [0.25, 0.3) is 5.95 Å². The summed E-state index contributed by atoms with van der Waals surface area (Å²) in [5.74, 6) is 6.60. The van der Waals surface area contributed by atoms with Gasteiger partial charge in [0.25, 0.3) is 5.95 Å². The Hall–Kier alpha value is -3.01. The van der Waals surface area contributed by atoms with Crippen LogP contribution in [0.1, 0.15) is 37.1 Å². The van der Waals surface area contributed by atoms with Crippen LogP contribution in [0.3, 0.4) is 0 Å². The quantitative estimate of drug-likeness (QED) is 0.448. The number of nitrogens with zero attached hydrogens (tertiary/aromatic N) is 6. The maximum Gasteiger partial charge on any atom is 0.271 e. The molecule has 3 heterocycles. The number of aromatic nitrogens is 5. The Morgan fingerprint density at radius 1 is 1.10 bits per heavy atom. The van der Waals surface area contributed by atoms with E-state index in [9.17, 15) is 4.79 Å². The summed E-state index contributed by atoms with van der Waals surface area (Å²) in [5, 5.41) is 16.0. The molecule has 0 bridgehead atoms. The Balaban J connectivity index is 1.33. The molecule has 10 heteroatoms. The van der Waals surface area contributed by atoms with Crippen LogP contribution in [0, 0.1) is 13.8 Å². The topological polar surface area (TPSA) is 107 Å². The summed E-state index contributed by atoms with van der Waals surface area (Å²) in [6, 6.07) is 9.99. The molecule has 0 aliphatic carbocycles. The van der Waals surface area contributed by atoms with Gasteiger partial charge in [-0.1, -0.05) is 24.6 Å². The normalized spacial score (nSPS) is 14.5. The van der Waals surface area contributed by atoms with Crippen LogP contribution in [-0.4, -0.2) is 49.4 Å². The summed E-state index contributed by atoms with van der Waals surface area (Å²) in [4.78, 5) is 14.8. The van der Waals surface area contributed by atoms with Crippen molar-refractivity contribution in [2.24, 2.45) is 0 Å². The summed E-state index contributed by atoms with van der Waals surface area (Å²) >= 11 is 1.23. The second kappa shape index (κ2) is 9.42. The first-order valence-corrected chi connectivity index (χ1v) is 11.5. The molecule has 0 unspecified atom stereocenters. The minimum Gasteiger partial charge on any atom is -0.372 e. The molecule has 1 aromatic carbocycles. The fraction of sp³-hybridized carbons (Fsp3) is 0.429. The van der Waals surface area contributed by atoms with Crippen molar-refractivity contribution >= 4 is 29.0 Å².